The van der Waals surface area contributed by atoms with E-state index in [0.29, 0.717) is 18.6 Å². The van der Waals surface area contributed by atoms with Crippen LogP contribution >= 0.6 is 0 Å². The van der Waals surface area contributed by atoms with Crippen molar-refractivity contribution in [3.63, 3.8) is 0 Å². The fourth-order valence-electron chi connectivity index (χ4n) is 0.975. The summed E-state index contributed by atoms with van der Waals surface area (Å²) in [5, 5.41) is 0. The summed E-state index contributed by atoms with van der Waals surface area (Å²) in [5.41, 5.74) is 0.526. The van der Waals surface area contributed by atoms with Crippen LogP contribution in [0, 0.1) is 5.82 Å². The van der Waals surface area contributed by atoms with Gasteiger partial charge in [0.2, 0.25) is 0 Å². The number of hydrogen-bond acceptors (Lipinski definition) is 2. The Bertz CT molecular complexity index is 279. The highest BCUT2D eigenvalue weighted by molar-refractivity contribution is 5.96. The normalized spacial score (nSPS) is 10.0. The summed E-state index contributed by atoms with van der Waals surface area (Å²) in [4.78, 5) is 11.3. The Balaban J connectivity index is 2.61. The molecular weight excluding hydrogens is 171 g/mol. The Morgan fingerprint density at radius 3 is 2.54 bits per heavy atom. The molecule has 0 radical (unpaired) electrons. The van der Waals surface area contributed by atoms with Crippen molar-refractivity contribution in [2.75, 3.05) is 13.7 Å². The van der Waals surface area contributed by atoms with E-state index in [2.05, 4.69) is 0 Å². The summed E-state index contributed by atoms with van der Waals surface area (Å²) in [6, 6.07) is 5.51. The Morgan fingerprint density at radius 1 is 1.38 bits per heavy atom. The SMILES string of the molecule is COCCC(=O)c1ccc(F)cc1. The molecule has 3 heteroatoms. The molecule has 70 valence electrons. The van der Waals surface area contributed by atoms with Crippen molar-refractivity contribution >= 4 is 5.78 Å². The van der Waals surface area contributed by atoms with Crippen LogP contribution in [0.4, 0.5) is 4.39 Å². The minimum atomic E-state index is -0.330. The fourth-order valence-corrected chi connectivity index (χ4v) is 0.975. The Hall–Kier alpha value is -1.22. The van der Waals surface area contributed by atoms with Gasteiger partial charge in [-0.3, -0.25) is 4.79 Å². The largest absolute Gasteiger partial charge is 0.384 e. The van der Waals surface area contributed by atoms with Gasteiger partial charge in [0.05, 0.1) is 6.61 Å². The van der Waals surface area contributed by atoms with Crippen LogP contribution in [-0.4, -0.2) is 19.5 Å². The van der Waals surface area contributed by atoms with Gasteiger partial charge in [0.25, 0.3) is 0 Å². The van der Waals surface area contributed by atoms with E-state index in [1.807, 2.05) is 0 Å². The molecule has 0 saturated heterocycles. The molecule has 0 aromatic heterocycles. The predicted octanol–water partition coefficient (Wildman–Crippen LogP) is 2.04. The number of Topliss-reactive ketones (excluding diaryl/α,β-unsaturated/α-hetero) is 1. The van der Waals surface area contributed by atoms with Crippen LogP contribution in [0.3, 0.4) is 0 Å². The standard InChI is InChI=1S/C10H11FO2/c1-13-7-6-10(12)8-2-4-9(11)5-3-8/h2-5H,6-7H2,1H3. The van der Waals surface area contributed by atoms with Crippen LogP contribution in [0.25, 0.3) is 0 Å². The number of ether oxygens (including phenoxy) is 1. The average molecular weight is 182 g/mol. The number of rotatable bonds is 4. The van der Waals surface area contributed by atoms with Gasteiger partial charge in [-0.1, -0.05) is 0 Å². The predicted molar refractivity (Wildman–Crippen MR) is 47.2 cm³/mol. The molecule has 0 bridgehead atoms. The quantitative estimate of drug-likeness (QED) is 0.666. The number of ketones is 1. The van der Waals surface area contributed by atoms with E-state index in [4.69, 9.17) is 4.74 Å². The highest BCUT2D eigenvalue weighted by Crippen LogP contribution is 2.05. The first-order valence-corrected chi connectivity index (χ1v) is 4.01. The second kappa shape index (κ2) is 4.72. The summed E-state index contributed by atoms with van der Waals surface area (Å²) >= 11 is 0. The molecular formula is C10H11FO2. The number of methoxy groups -OCH3 is 1. The van der Waals surface area contributed by atoms with Crippen LogP contribution in [0.1, 0.15) is 16.8 Å². The Labute approximate surface area is 76.3 Å². The molecule has 0 unspecified atom stereocenters. The van der Waals surface area contributed by atoms with E-state index in [1.165, 1.54) is 31.4 Å². The molecule has 0 fully saturated rings. The number of benzene rings is 1. The van der Waals surface area contributed by atoms with Crippen LogP contribution < -0.4 is 0 Å². The van der Waals surface area contributed by atoms with Gasteiger partial charge in [-0.05, 0) is 24.3 Å². The molecule has 1 aromatic carbocycles. The molecule has 0 N–H and O–H groups in total. The molecule has 0 saturated carbocycles. The molecule has 0 aliphatic rings. The molecule has 0 spiro atoms. The molecule has 0 aliphatic heterocycles. The topological polar surface area (TPSA) is 26.3 Å². The Morgan fingerprint density at radius 2 is 2.00 bits per heavy atom. The molecule has 0 amide bonds. The van der Waals surface area contributed by atoms with E-state index in [-0.39, 0.29) is 11.6 Å². The van der Waals surface area contributed by atoms with Gasteiger partial charge in [0.1, 0.15) is 5.82 Å². The zero-order valence-corrected chi connectivity index (χ0v) is 7.42. The van der Waals surface area contributed by atoms with Crippen molar-refractivity contribution < 1.29 is 13.9 Å². The maximum absolute atomic E-state index is 12.5. The third-order valence-electron chi connectivity index (χ3n) is 1.70. The third kappa shape index (κ3) is 2.95. The first-order valence-electron chi connectivity index (χ1n) is 4.01. The first-order chi connectivity index (χ1) is 6.24. The highest BCUT2D eigenvalue weighted by atomic mass is 19.1. The minimum Gasteiger partial charge on any atom is -0.384 e. The summed E-state index contributed by atoms with van der Waals surface area (Å²) < 4.78 is 17.2. The van der Waals surface area contributed by atoms with Gasteiger partial charge in [0, 0.05) is 19.1 Å². The Kier molecular flexibility index (Phi) is 3.58. The minimum absolute atomic E-state index is 0.0261. The first kappa shape index (κ1) is 9.86. The second-order valence-electron chi connectivity index (χ2n) is 2.67. The number of carbonyl (C=O) groups is 1. The van der Waals surface area contributed by atoms with Gasteiger partial charge in [0.15, 0.2) is 5.78 Å². The smallest absolute Gasteiger partial charge is 0.165 e. The van der Waals surface area contributed by atoms with Crippen molar-refractivity contribution in [1.82, 2.24) is 0 Å². The van der Waals surface area contributed by atoms with Crippen LogP contribution in [0.5, 0.6) is 0 Å². The lowest BCUT2D eigenvalue weighted by atomic mass is 10.1. The second-order valence-corrected chi connectivity index (χ2v) is 2.67. The molecule has 1 rings (SSSR count). The van der Waals surface area contributed by atoms with Crippen LogP contribution in [0.15, 0.2) is 24.3 Å². The van der Waals surface area contributed by atoms with Crippen LogP contribution in [0.2, 0.25) is 0 Å². The van der Waals surface area contributed by atoms with E-state index in [0.717, 1.165) is 0 Å². The summed E-state index contributed by atoms with van der Waals surface area (Å²) in [5.74, 6) is -0.356. The van der Waals surface area contributed by atoms with Gasteiger partial charge in [-0.2, -0.15) is 0 Å². The summed E-state index contributed by atoms with van der Waals surface area (Å²) in [6.07, 6.45) is 0.335. The maximum atomic E-state index is 12.5. The molecule has 0 atom stereocenters. The van der Waals surface area contributed by atoms with E-state index in [1.54, 1.807) is 0 Å². The number of hydrogen-bond donors (Lipinski definition) is 0. The molecule has 0 heterocycles. The average Bonchev–Trinajstić information content (AvgIpc) is 2.15. The number of halogens is 1. The zero-order chi connectivity index (χ0) is 9.68. The van der Waals surface area contributed by atoms with Gasteiger partial charge >= 0.3 is 0 Å². The molecule has 1 aromatic rings. The lowest BCUT2D eigenvalue weighted by molar-refractivity contribution is 0.0932. The van der Waals surface area contributed by atoms with Crippen molar-refractivity contribution in [2.24, 2.45) is 0 Å². The fraction of sp³-hybridized carbons (Fsp3) is 0.300. The molecule has 13 heavy (non-hydrogen) atoms. The van der Waals surface area contributed by atoms with Crippen molar-refractivity contribution in [1.29, 1.82) is 0 Å². The van der Waals surface area contributed by atoms with Crippen molar-refractivity contribution in [3.05, 3.63) is 35.6 Å². The molecule has 2 nitrogen and oxygen atoms in total. The maximum Gasteiger partial charge on any atom is 0.165 e. The van der Waals surface area contributed by atoms with Gasteiger partial charge in [-0.25, -0.2) is 4.39 Å². The van der Waals surface area contributed by atoms with Gasteiger partial charge < -0.3 is 4.74 Å². The van der Waals surface area contributed by atoms with E-state index >= 15 is 0 Å². The van der Waals surface area contributed by atoms with Crippen molar-refractivity contribution in [3.8, 4) is 0 Å². The lowest BCUT2D eigenvalue weighted by Crippen LogP contribution is -2.02. The lowest BCUT2D eigenvalue weighted by Gasteiger charge is -1.99. The monoisotopic (exact) mass is 182 g/mol. The highest BCUT2D eigenvalue weighted by Gasteiger charge is 2.04. The summed E-state index contributed by atoms with van der Waals surface area (Å²) in [6.45, 7) is 0.399. The third-order valence-corrected chi connectivity index (χ3v) is 1.70. The summed E-state index contributed by atoms with van der Waals surface area (Å²) in [7, 11) is 1.54. The zero-order valence-electron chi connectivity index (χ0n) is 7.42. The van der Waals surface area contributed by atoms with Crippen molar-refractivity contribution in [2.45, 2.75) is 6.42 Å². The van der Waals surface area contributed by atoms with E-state index < -0.39 is 0 Å². The van der Waals surface area contributed by atoms with Crippen LogP contribution in [-0.2, 0) is 4.74 Å². The van der Waals surface area contributed by atoms with E-state index in [9.17, 15) is 9.18 Å². The number of carbonyl (C=O) groups excluding carboxylic acids is 1. The van der Waals surface area contributed by atoms with Gasteiger partial charge in [-0.15, -0.1) is 0 Å². The molecule has 0 aliphatic carbocycles.